The monoisotopic (exact) mass is 221 g/mol. The predicted octanol–water partition coefficient (Wildman–Crippen LogP) is 3.69. The van der Waals surface area contributed by atoms with Gasteiger partial charge in [-0.05, 0) is 54.2 Å². The smallest absolute Gasteiger partial charge is 0.0375 e. The van der Waals surface area contributed by atoms with E-state index in [2.05, 4.69) is 47.5 Å². The van der Waals surface area contributed by atoms with E-state index >= 15 is 0 Å². The molecule has 84 valence electrons. The second kappa shape index (κ2) is 4.17. The summed E-state index contributed by atoms with van der Waals surface area (Å²) in [7, 11) is 0. The van der Waals surface area contributed by atoms with Gasteiger partial charge in [-0.3, -0.25) is 4.98 Å². The first kappa shape index (κ1) is 10.3. The summed E-state index contributed by atoms with van der Waals surface area (Å²) in [6, 6.07) is 4.26. The van der Waals surface area contributed by atoms with Gasteiger partial charge in [0.25, 0.3) is 0 Å². The standard InChI is InChI=1S/C16H15N/c1-12-10-13(8-9-17-12)11-15-7-6-14-4-2-3-5-16(14)15/h3-10H,2,11H2,1H3. The molecule has 0 spiro atoms. The first-order valence-corrected chi connectivity index (χ1v) is 6.03. The highest BCUT2D eigenvalue weighted by Gasteiger charge is 2.13. The van der Waals surface area contributed by atoms with Crippen LogP contribution in [0.15, 0.2) is 65.4 Å². The van der Waals surface area contributed by atoms with Gasteiger partial charge >= 0.3 is 0 Å². The summed E-state index contributed by atoms with van der Waals surface area (Å²) in [4.78, 5) is 4.24. The molecule has 0 radical (unpaired) electrons. The van der Waals surface area contributed by atoms with Crippen molar-refractivity contribution in [3.05, 3.63) is 76.7 Å². The molecular weight excluding hydrogens is 206 g/mol. The van der Waals surface area contributed by atoms with Crippen molar-refractivity contribution in [1.29, 1.82) is 0 Å². The summed E-state index contributed by atoms with van der Waals surface area (Å²) in [5.74, 6) is 0. The zero-order valence-corrected chi connectivity index (χ0v) is 9.98. The Morgan fingerprint density at radius 2 is 2.18 bits per heavy atom. The highest BCUT2D eigenvalue weighted by molar-refractivity contribution is 5.60. The molecule has 0 amide bonds. The van der Waals surface area contributed by atoms with E-state index in [1.807, 2.05) is 13.1 Å². The van der Waals surface area contributed by atoms with E-state index in [0.29, 0.717) is 0 Å². The van der Waals surface area contributed by atoms with Crippen LogP contribution in [0.2, 0.25) is 0 Å². The second-order valence-electron chi connectivity index (χ2n) is 4.55. The third kappa shape index (κ3) is 2.01. The number of aryl methyl sites for hydroxylation is 1. The van der Waals surface area contributed by atoms with Crippen molar-refractivity contribution in [3.63, 3.8) is 0 Å². The van der Waals surface area contributed by atoms with Crippen molar-refractivity contribution >= 4 is 0 Å². The van der Waals surface area contributed by atoms with Crippen molar-refractivity contribution in [1.82, 2.24) is 4.98 Å². The van der Waals surface area contributed by atoms with E-state index in [4.69, 9.17) is 0 Å². The van der Waals surface area contributed by atoms with Crippen molar-refractivity contribution in [2.45, 2.75) is 19.8 Å². The van der Waals surface area contributed by atoms with Crippen LogP contribution in [-0.2, 0) is 6.42 Å². The number of pyridine rings is 1. The summed E-state index contributed by atoms with van der Waals surface area (Å²) in [6.07, 6.45) is 15.2. The first-order chi connectivity index (χ1) is 8.33. The minimum atomic E-state index is 0.997. The lowest BCUT2D eigenvalue weighted by Gasteiger charge is -2.08. The Bertz CT molecular complexity index is 571. The van der Waals surface area contributed by atoms with Gasteiger partial charge < -0.3 is 0 Å². The average molecular weight is 221 g/mol. The molecule has 17 heavy (non-hydrogen) atoms. The Balaban J connectivity index is 1.91. The van der Waals surface area contributed by atoms with Crippen LogP contribution in [-0.4, -0.2) is 4.98 Å². The fraction of sp³-hybridized carbons (Fsp3) is 0.188. The molecule has 0 saturated heterocycles. The van der Waals surface area contributed by atoms with E-state index in [0.717, 1.165) is 18.5 Å². The lowest BCUT2D eigenvalue weighted by molar-refractivity contribution is 1.11. The SMILES string of the molecule is Cc1cc(CC2=C3C=CCC=C3C=C2)ccn1. The van der Waals surface area contributed by atoms with Gasteiger partial charge in [0.1, 0.15) is 0 Å². The van der Waals surface area contributed by atoms with Gasteiger partial charge in [0.05, 0.1) is 0 Å². The van der Waals surface area contributed by atoms with Crippen LogP contribution < -0.4 is 0 Å². The third-order valence-electron chi connectivity index (χ3n) is 3.24. The second-order valence-corrected chi connectivity index (χ2v) is 4.55. The number of nitrogens with zero attached hydrogens (tertiary/aromatic N) is 1. The average Bonchev–Trinajstić information content (AvgIpc) is 2.73. The third-order valence-corrected chi connectivity index (χ3v) is 3.24. The molecule has 3 rings (SSSR count). The molecule has 2 aliphatic carbocycles. The highest BCUT2D eigenvalue weighted by atomic mass is 14.6. The Labute approximate surface area is 102 Å². The summed E-state index contributed by atoms with van der Waals surface area (Å²) >= 11 is 0. The molecule has 0 aromatic carbocycles. The first-order valence-electron chi connectivity index (χ1n) is 6.03. The lowest BCUT2D eigenvalue weighted by Crippen LogP contribution is -1.93. The van der Waals surface area contributed by atoms with Gasteiger partial charge in [0.15, 0.2) is 0 Å². The maximum Gasteiger partial charge on any atom is 0.0375 e. The molecule has 1 aromatic rings. The minimum Gasteiger partial charge on any atom is -0.262 e. The van der Waals surface area contributed by atoms with Crippen molar-refractivity contribution in [2.75, 3.05) is 0 Å². The maximum absolute atomic E-state index is 4.24. The van der Waals surface area contributed by atoms with E-state index in [-0.39, 0.29) is 0 Å². The largest absolute Gasteiger partial charge is 0.262 e. The number of aromatic nitrogens is 1. The van der Waals surface area contributed by atoms with E-state index in [1.54, 1.807) is 0 Å². The fourth-order valence-electron chi connectivity index (χ4n) is 2.41. The van der Waals surface area contributed by atoms with Gasteiger partial charge in [-0.1, -0.05) is 30.4 Å². The van der Waals surface area contributed by atoms with Crippen LogP contribution in [0, 0.1) is 6.92 Å². The Hall–Kier alpha value is -1.89. The van der Waals surface area contributed by atoms with E-state index in [9.17, 15) is 0 Å². The molecule has 0 unspecified atom stereocenters. The molecule has 1 heteroatoms. The van der Waals surface area contributed by atoms with Crippen LogP contribution in [0.25, 0.3) is 0 Å². The molecule has 0 N–H and O–H groups in total. The maximum atomic E-state index is 4.24. The zero-order valence-electron chi connectivity index (χ0n) is 9.98. The summed E-state index contributed by atoms with van der Waals surface area (Å²) < 4.78 is 0. The Kier molecular flexibility index (Phi) is 2.52. The van der Waals surface area contributed by atoms with E-state index < -0.39 is 0 Å². The van der Waals surface area contributed by atoms with Crippen LogP contribution in [0.1, 0.15) is 17.7 Å². The predicted molar refractivity (Wildman–Crippen MR) is 70.7 cm³/mol. The van der Waals surface area contributed by atoms with Crippen LogP contribution >= 0.6 is 0 Å². The number of hydrogen-bond acceptors (Lipinski definition) is 1. The van der Waals surface area contributed by atoms with E-state index in [1.165, 1.54) is 22.3 Å². The number of hydrogen-bond donors (Lipinski definition) is 0. The molecule has 2 aliphatic rings. The molecule has 0 atom stereocenters. The lowest BCUT2D eigenvalue weighted by atomic mass is 9.97. The quantitative estimate of drug-likeness (QED) is 0.742. The molecule has 1 nitrogen and oxygen atoms in total. The minimum absolute atomic E-state index is 0.997. The summed E-state index contributed by atoms with van der Waals surface area (Å²) in [6.45, 7) is 2.04. The molecule has 1 aromatic heterocycles. The summed E-state index contributed by atoms with van der Waals surface area (Å²) in [5.41, 5.74) is 6.62. The van der Waals surface area contributed by atoms with Gasteiger partial charge in [0, 0.05) is 11.9 Å². The normalized spacial score (nSPS) is 17.4. The Morgan fingerprint density at radius 1 is 1.24 bits per heavy atom. The van der Waals surface area contributed by atoms with Gasteiger partial charge in [-0.25, -0.2) is 0 Å². The topological polar surface area (TPSA) is 12.9 Å². The van der Waals surface area contributed by atoms with Gasteiger partial charge in [-0.15, -0.1) is 0 Å². The molecule has 0 aliphatic heterocycles. The van der Waals surface area contributed by atoms with Crippen LogP contribution in [0.4, 0.5) is 0 Å². The zero-order chi connectivity index (χ0) is 11.7. The van der Waals surface area contributed by atoms with Crippen LogP contribution in [0.5, 0.6) is 0 Å². The van der Waals surface area contributed by atoms with Gasteiger partial charge in [-0.2, -0.15) is 0 Å². The highest BCUT2D eigenvalue weighted by Crippen LogP contribution is 2.31. The molecule has 0 bridgehead atoms. The summed E-state index contributed by atoms with van der Waals surface area (Å²) in [5, 5.41) is 0. The molecule has 0 saturated carbocycles. The van der Waals surface area contributed by atoms with Crippen molar-refractivity contribution < 1.29 is 0 Å². The number of fused-ring (bicyclic) bond motifs is 1. The Morgan fingerprint density at radius 3 is 3.06 bits per heavy atom. The molecule has 0 fully saturated rings. The van der Waals surface area contributed by atoms with Crippen molar-refractivity contribution in [3.8, 4) is 0 Å². The number of allylic oxidation sites excluding steroid dienone is 8. The fourth-order valence-corrected chi connectivity index (χ4v) is 2.41. The van der Waals surface area contributed by atoms with Crippen LogP contribution in [0.3, 0.4) is 0 Å². The van der Waals surface area contributed by atoms with Gasteiger partial charge in [0.2, 0.25) is 0 Å². The molecule has 1 heterocycles. The molecular formula is C16H15N. The van der Waals surface area contributed by atoms with Crippen molar-refractivity contribution in [2.24, 2.45) is 0 Å². The number of rotatable bonds is 2.